The van der Waals surface area contributed by atoms with Gasteiger partial charge in [0.15, 0.2) is 5.58 Å². The van der Waals surface area contributed by atoms with Gasteiger partial charge in [0.05, 0.1) is 22.7 Å². The van der Waals surface area contributed by atoms with Crippen LogP contribution in [-0.2, 0) is 4.79 Å². The number of amides is 1. The summed E-state index contributed by atoms with van der Waals surface area (Å²) in [5.41, 5.74) is 2.20. The number of oxazole rings is 1. The summed E-state index contributed by atoms with van der Waals surface area (Å²) in [6, 6.07) is 11.2. The molecule has 5 nitrogen and oxygen atoms in total. The lowest BCUT2D eigenvalue weighted by Gasteiger charge is -2.04. The summed E-state index contributed by atoms with van der Waals surface area (Å²) in [6.45, 7) is 0. The summed E-state index contributed by atoms with van der Waals surface area (Å²) < 4.78 is 5.56. The minimum atomic E-state index is -0.119. The van der Waals surface area contributed by atoms with Crippen LogP contribution in [0.5, 0.6) is 0 Å². The van der Waals surface area contributed by atoms with Crippen molar-refractivity contribution >= 4 is 46.2 Å². The van der Waals surface area contributed by atoms with Crippen molar-refractivity contribution in [2.45, 2.75) is 10.2 Å². The molecule has 2 aromatic heterocycles. The van der Waals surface area contributed by atoms with Crippen LogP contribution in [0.4, 0.5) is 5.69 Å². The van der Waals surface area contributed by atoms with Crippen molar-refractivity contribution in [2.75, 3.05) is 17.3 Å². The van der Waals surface area contributed by atoms with Crippen LogP contribution < -0.4 is 5.32 Å². The van der Waals surface area contributed by atoms with Gasteiger partial charge in [-0.05, 0) is 30.5 Å². The fourth-order valence-corrected chi connectivity index (χ4v) is 2.81. The normalized spacial score (nSPS) is 10.8. The number of hydrogen-bond donors (Lipinski definition) is 1. The Bertz CT molecular complexity index is 754. The van der Waals surface area contributed by atoms with Gasteiger partial charge in [-0.15, -0.1) is 11.8 Å². The largest absolute Gasteiger partial charge is 0.431 e. The van der Waals surface area contributed by atoms with Crippen molar-refractivity contribution in [3.05, 3.63) is 42.6 Å². The monoisotopic (exact) mass is 331 g/mol. The van der Waals surface area contributed by atoms with Crippen LogP contribution in [0.15, 0.2) is 57.3 Å². The van der Waals surface area contributed by atoms with E-state index in [1.807, 2.05) is 42.7 Å². The van der Waals surface area contributed by atoms with E-state index in [1.165, 1.54) is 11.8 Å². The van der Waals surface area contributed by atoms with Crippen LogP contribution in [0.3, 0.4) is 0 Å². The summed E-state index contributed by atoms with van der Waals surface area (Å²) in [7, 11) is 0. The molecule has 0 unspecified atom stereocenters. The van der Waals surface area contributed by atoms with Gasteiger partial charge in [0.2, 0.25) is 5.91 Å². The molecular weight excluding hydrogens is 318 g/mol. The molecule has 0 bridgehead atoms. The molecule has 3 rings (SSSR count). The average molecular weight is 331 g/mol. The number of thioether (sulfide) groups is 2. The second-order valence-electron chi connectivity index (χ2n) is 4.37. The number of anilines is 1. The molecule has 0 fully saturated rings. The second-order valence-corrected chi connectivity index (χ2v) is 6.13. The van der Waals surface area contributed by atoms with Crippen molar-refractivity contribution in [3.8, 4) is 0 Å². The molecule has 1 N–H and O–H groups in total. The number of carbonyl (C=O) groups is 1. The number of nitrogens with zero attached hydrogens (tertiary/aromatic N) is 2. The van der Waals surface area contributed by atoms with E-state index in [-0.39, 0.29) is 11.7 Å². The SMILES string of the molecule is CSc1ccc(NC(=O)CSc2nc3ccccc3o2)cn1. The Kier molecular flexibility index (Phi) is 4.65. The molecule has 0 spiro atoms. The highest BCUT2D eigenvalue weighted by atomic mass is 32.2. The van der Waals surface area contributed by atoms with Crippen LogP contribution in [-0.4, -0.2) is 27.9 Å². The van der Waals surface area contributed by atoms with Crippen LogP contribution in [0.25, 0.3) is 11.1 Å². The predicted molar refractivity (Wildman–Crippen MR) is 89.4 cm³/mol. The van der Waals surface area contributed by atoms with E-state index in [0.29, 0.717) is 10.9 Å². The zero-order valence-electron chi connectivity index (χ0n) is 11.8. The number of pyridine rings is 1. The minimum Gasteiger partial charge on any atom is -0.431 e. The molecule has 0 saturated heterocycles. The van der Waals surface area contributed by atoms with Crippen molar-refractivity contribution in [3.63, 3.8) is 0 Å². The van der Waals surface area contributed by atoms with Gasteiger partial charge in [-0.25, -0.2) is 9.97 Å². The zero-order valence-corrected chi connectivity index (χ0v) is 13.4. The van der Waals surface area contributed by atoms with Gasteiger partial charge in [0.25, 0.3) is 5.22 Å². The topological polar surface area (TPSA) is 68.0 Å². The van der Waals surface area contributed by atoms with Gasteiger partial charge in [-0.1, -0.05) is 23.9 Å². The Balaban J connectivity index is 1.57. The Morgan fingerprint density at radius 2 is 2.14 bits per heavy atom. The number of carbonyl (C=O) groups excluding carboxylic acids is 1. The highest BCUT2D eigenvalue weighted by Gasteiger charge is 2.09. The van der Waals surface area contributed by atoms with E-state index in [0.717, 1.165) is 16.1 Å². The molecule has 0 saturated carbocycles. The van der Waals surface area contributed by atoms with Crippen LogP contribution in [0.2, 0.25) is 0 Å². The molecular formula is C15H13N3O2S2. The molecule has 0 aliphatic carbocycles. The van der Waals surface area contributed by atoms with Crippen LogP contribution >= 0.6 is 23.5 Å². The number of hydrogen-bond acceptors (Lipinski definition) is 6. The molecule has 0 atom stereocenters. The molecule has 7 heteroatoms. The van der Waals surface area contributed by atoms with Crippen molar-refractivity contribution in [1.82, 2.24) is 9.97 Å². The lowest BCUT2D eigenvalue weighted by molar-refractivity contribution is -0.113. The smallest absolute Gasteiger partial charge is 0.257 e. The summed E-state index contributed by atoms with van der Waals surface area (Å²) in [4.78, 5) is 20.4. The van der Waals surface area contributed by atoms with Crippen molar-refractivity contribution < 1.29 is 9.21 Å². The molecule has 1 aromatic carbocycles. The Morgan fingerprint density at radius 3 is 2.86 bits per heavy atom. The van der Waals surface area contributed by atoms with Crippen LogP contribution in [0, 0.1) is 0 Å². The third kappa shape index (κ3) is 3.61. The minimum absolute atomic E-state index is 0.119. The lowest BCUT2D eigenvalue weighted by Crippen LogP contribution is -2.14. The zero-order chi connectivity index (χ0) is 15.4. The molecule has 22 heavy (non-hydrogen) atoms. The summed E-state index contributed by atoms with van der Waals surface area (Å²) in [5.74, 6) is 0.114. The van der Waals surface area contributed by atoms with Crippen molar-refractivity contribution in [2.24, 2.45) is 0 Å². The lowest BCUT2D eigenvalue weighted by atomic mass is 10.3. The Morgan fingerprint density at radius 1 is 1.27 bits per heavy atom. The van der Waals surface area contributed by atoms with Gasteiger partial charge in [-0.3, -0.25) is 4.79 Å². The third-order valence-electron chi connectivity index (χ3n) is 2.83. The third-order valence-corrected chi connectivity index (χ3v) is 4.32. The molecule has 1 amide bonds. The average Bonchev–Trinajstić information content (AvgIpc) is 2.96. The van der Waals surface area contributed by atoms with E-state index < -0.39 is 0 Å². The standard InChI is InChI=1S/C15H13N3O2S2/c1-21-14-7-6-10(8-16-14)17-13(19)9-22-15-18-11-4-2-3-5-12(11)20-15/h2-8H,9H2,1H3,(H,17,19). The van der Waals surface area contributed by atoms with E-state index in [1.54, 1.807) is 18.0 Å². The van der Waals surface area contributed by atoms with Gasteiger partial charge in [0.1, 0.15) is 5.52 Å². The maximum atomic E-state index is 11.9. The fraction of sp³-hybridized carbons (Fsp3) is 0.133. The molecule has 112 valence electrons. The number of benzene rings is 1. The summed E-state index contributed by atoms with van der Waals surface area (Å²) in [6.07, 6.45) is 3.60. The maximum absolute atomic E-state index is 11.9. The number of nitrogens with one attached hydrogen (secondary N) is 1. The Hall–Kier alpha value is -1.99. The highest BCUT2D eigenvalue weighted by molar-refractivity contribution is 7.99. The highest BCUT2D eigenvalue weighted by Crippen LogP contribution is 2.23. The van der Waals surface area contributed by atoms with Gasteiger partial charge in [0, 0.05) is 0 Å². The second kappa shape index (κ2) is 6.85. The Labute approximate surface area is 135 Å². The first-order chi connectivity index (χ1) is 10.7. The predicted octanol–water partition coefficient (Wildman–Crippen LogP) is 3.68. The van der Waals surface area contributed by atoms with E-state index in [9.17, 15) is 4.79 Å². The maximum Gasteiger partial charge on any atom is 0.257 e. The first-order valence-corrected chi connectivity index (χ1v) is 8.74. The molecule has 0 radical (unpaired) electrons. The van der Waals surface area contributed by atoms with Gasteiger partial charge >= 0.3 is 0 Å². The van der Waals surface area contributed by atoms with E-state index in [4.69, 9.17) is 4.42 Å². The molecule has 2 heterocycles. The quantitative estimate of drug-likeness (QED) is 0.719. The number of rotatable bonds is 5. The van der Waals surface area contributed by atoms with Gasteiger partial charge in [-0.2, -0.15) is 0 Å². The van der Waals surface area contributed by atoms with E-state index >= 15 is 0 Å². The number of aromatic nitrogens is 2. The van der Waals surface area contributed by atoms with Crippen molar-refractivity contribution in [1.29, 1.82) is 0 Å². The fourth-order valence-electron chi connectivity index (χ4n) is 1.81. The molecule has 0 aliphatic rings. The van der Waals surface area contributed by atoms with E-state index in [2.05, 4.69) is 15.3 Å². The summed E-state index contributed by atoms with van der Waals surface area (Å²) >= 11 is 2.82. The summed E-state index contributed by atoms with van der Waals surface area (Å²) in [5, 5.41) is 4.20. The van der Waals surface area contributed by atoms with Crippen LogP contribution in [0.1, 0.15) is 0 Å². The molecule has 0 aliphatic heterocycles. The number of para-hydroxylation sites is 2. The first kappa shape index (κ1) is 14.9. The first-order valence-electron chi connectivity index (χ1n) is 6.53. The van der Waals surface area contributed by atoms with Gasteiger partial charge < -0.3 is 9.73 Å². The number of fused-ring (bicyclic) bond motifs is 1. The molecule has 3 aromatic rings.